The molecule has 122 valence electrons. The van der Waals surface area contributed by atoms with E-state index in [4.69, 9.17) is 4.74 Å². The van der Waals surface area contributed by atoms with E-state index in [1.165, 1.54) is 0 Å². The molecule has 1 heterocycles. The van der Waals surface area contributed by atoms with E-state index < -0.39 is 0 Å². The molecule has 2 amide bonds. The third-order valence-electron chi connectivity index (χ3n) is 4.44. The Labute approximate surface area is 140 Å². The van der Waals surface area contributed by atoms with Gasteiger partial charge in [-0.05, 0) is 24.0 Å². The topological polar surface area (TPSA) is 62.7 Å². The van der Waals surface area contributed by atoms with Crippen molar-refractivity contribution in [1.82, 2.24) is 10.7 Å². The summed E-state index contributed by atoms with van der Waals surface area (Å²) < 4.78 is 5.50. The van der Waals surface area contributed by atoms with Crippen molar-refractivity contribution in [3.05, 3.63) is 59.7 Å². The van der Waals surface area contributed by atoms with E-state index in [1.807, 2.05) is 36.4 Å². The van der Waals surface area contributed by atoms with Gasteiger partial charge in [0.2, 0.25) is 0 Å². The number of hydrazone groups is 1. The summed E-state index contributed by atoms with van der Waals surface area (Å²) in [5.41, 5.74) is 7.79. The van der Waals surface area contributed by atoms with Gasteiger partial charge in [0.1, 0.15) is 0 Å². The lowest BCUT2D eigenvalue weighted by atomic mass is 10.1. The van der Waals surface area contributed by atoms with Gasteiger partial charge in [-0.25, -0.2) is 10.2 Å². The molecular formula is C19H19N3O2. The van der Waals surface area contributed by atoms with Crippen molar-refractivity contribution in [2.24, 2.45) is 5.10 Å². The third-order valence-corrected chi connectivity index (χ3v) is 4.44. The number of hydrogen-bond donors (Lipinski definition) is 2. The number of carbonyl (C=O) groups is 1. The summed E-state index contributed by atoms with van der Waals surface area (Å²) in [4.78, 5) is 12.0. The normalized spacial score (nSPS) is 18.0. The van der Waals surface area contributed by atoms with E-state index in [9.17, 15) is 4.79 Å². The summed E-state index contributed by atoms with van der Waals surface area (Å²) in [5, 5.41) is 7.18. The van der Waals surface area contributed by atoms with E-state index in [1.54, 1.807) is 0 Å². The van der Waals surface area contributed by atoms with Gasteiger partial charge in [0.15, 0.2) is 0 Å². The van der Waals surface area contributed by atoms with Gasteiger partial charge in [-0.15, -0.1) is 0 Å². The van der Waals surface area contributed by atoms with Gasteiger partial charge in [0.25, 0.3) is 0 Å². The highest BCUT2D eigenvalue weighted by Crippen LogP contribution is 2.36. The molecule has 4 rings (SSSR count). The maximum absolute atomic E-state index is 12.0. The largest absolute Gasteiger partial charge is 0.376 e. The number of nitrogens with zero attached hydrogens (tertiary/aromatic N) is 1. The van der Waals surface area contributed by atoms with Crippen LogP contribution in [0.4, 0.5) is 4.79 Å². The minimum absolute atomic E-state index is 0.122. The Kier molecular flexibility index (Phi) is 4.01. The summed E-state index contributed by atoms with van der Waals surface area (Å²) >= 11 is 0. The minimum Gasteiger partial charge on any atom is -0.376 e. The molecule has 0 spiro atoms. The molecule has 5 nitrogen and oxygen atoms in total. The average Bonchev–Trinajstić information content (AvgIpc) is 3.25. The number of rotatable bonds is 3. The van der Waals surface area contributed by atoms with Crippen molar-refractivity contribution < 1.29 is 9.53 Å². The molecule has 2 aromatic carbocycles. The lowest BCUT2D eigenvalue weighted by Gasteiger charge is -2.10. The zero-order valence-corrected chi connectivity index (χ0v) is 13.3. The van der Waals surface area contributed by atoms with Crippen molar-refractivity contribution in [3.8, 4) is 11.1 Å². The highest BCUT2D eigenvalue weighted by molar-refractivity contribution is 6.24. The molecule has 2 N–H and O–H groups in total. The van der Waals surface area contributed by atoms with Crippen LogP contribution in [0.5, 0.6) is 0 Å². The Bertz CT molecular complexity index is 747. The first-order valence-electron chi connectivity index (χ1n) is 8.25. The predicted octanol–water partition coefficient (Wildman–Crippen LogP) is 2.90. The fraction of sp³-hybridized carbons (Fsp3) is 0.263. The molecule has 0 saturated carbocycles. The second-order valence-corrected chi connectivity index (χ2v) is 6.01. The Morgan fingerprint density at radius 2 is 1.67 bits per heavy atom. The summed E-state index contributed by atoms with van der Waals surface area (Å²) in [5.74, 6) is 0. The second kappa shape index (κ2) is 6.45. The second-order valence-electron chi connectivity index (χ2n) is 6.01. The van der Waals surface area contributed by atoms with Gasteiger partial charge < -0.3 is 10.1 Å². The van der Waals surface area contributed by atoms with Crippen molar-refractivity contribution >= 4 is 11.7 Å². The number of benzene rings is 2. The van der Waals surface area contributed by atoms with E-state index >= 15 is 0 Å². The number of nitrogens with one attached hydrogen (secondary N) is 2. The zero-order chi connectivity index (χ0) is 16.4. The van der Waals surface area contributed by atoms with Crippen LogP contribution in [0.25, 0.3) is 11.1 Å². The van der Waals surface area contributed by atoms with Crippen LogP contribution in [0, 0.1) is 0 Å². The van der Waals surface area contributed by atoms with Gasteiger partial charge in [-0.3, -0.25) is 0 Å². The summed E-state index contributed by atoms with van der Waals surface area (Å²) in [6.45, 7) is 1.30. The molecule has 1 fully saturated rings. The standard InChI is InChI=1S/C19H19N3O2/c23-19(20-12-13-6-5-11-24-13)22-21-18-16-9-3-1-7-14(16)15-8-2-4-10-17(15)18/h1-4,7-10,13H,5-6,11-12H2,(H2,20,22,23). The van der Waals surface area contributed by atoms with Crippen LogP contribution in [0.2, 0.25) is 0 Å². The molecule has 1 aliphatic carbocycles. The highest BCUT2D eigenvalue weighted by atomic mass is 16.5. The zero-order valence-electron chi connectivity index (χ0n) is 13.3. The predicted molar refractivity (Wildman–Crippen MR) is 93.0 cm³/mol. The van der Waals surface area contributed by atoms with Crippen LogP contribution >= 0.6 is 0 Å². The monoisotopic (exact) mass is 321 g/mol. The lowest BCUT2D eigenvalue weighted by Crippen LogP contribution is -2.37. The number of urea groups is 1. The first-order valence-corrected chi connectivity index (χ1v) is 8.25. The van der Waals surface area contributed by atoms with Gasteiger partial charge in [0.05, 0.1) is 11.8 Å². The van der Waals surface area contributed by atoms with Crippen LogP contribution in [0.1, 0.15) is 24.0 Å². The molecule has 0 radical (unpaired) electrons. The van der Waals surface area contributed by atoms with Gasteiger partial charge in [-0.2, -0.15) is 5.10 Å². The fourth-order valence-corrected chi connectivity index (χ4v) is 3.27. The van der Waals surface area contributed by atoms with Crippen molar-refractivity contribution in [1.29, 1.82) is 0 Å². The summed E-state index contributed by atoms with van der Waals surface area (Å²) in [7, 11) is 0. The van der Waals surface area contributed by atoms with Gasteiger partial charge >= 0.3 is 6.03 Å². The molecule has 0 aromatic heterocycles. The molecule has 0 bridgehead atoms. The molecule has 2 aliphatic rings. The molecule has 24 heavy (non-hydrogen) atoms. The van der Waals surface area contributed by atoms with E-state index in [0.717, 1.165) is 47.4 Å². The molecular weight excluding hydrogens is 302 g/mol. The van der Waals surface area contributed by atoms with E-state index in [0.29, 0.717) is 6.54 Å². The number of hydrogen-bond acceptors (Lipinski definition) is 3. The summed E-state index contributed by atoms with van der Waals surface area (Å²) in [6.07, 6.45) is 2.18. The van der Waals surface area contributed by atoms with Crippen LogP contribution in [-0.4, -0.2) is 31.0 Å². The molecule has 2 aromatic rings. The Morgan fingerprint density at radius 3 is 2.25 bits per heavy atom. The van der Waals surface area contributed by atoms with Gasteiger partial charge in [-0.1, -0.05) is 48.5 Å². The molecule has 1 unspecified atom stereocenters. The Morgan fingerprint density at radius 1 is 1.04 bits per heavy atom. The quantitative estimate of drug-likeness (QED) is 0.729. The molecule has 1 atom stereocenters. The summed E-state index contributed by atoms with van der Waals surface area (Å²) in [6, 6.07) is 15.9. The molecule has 5 heteroatoms. The van der Waals surface area contributed by atoms with Crippen molar-refractivity contribution in [2.75, 3.05) is 13.2 Å². The maximum atomic E-state index is 12.0. The maximum Gasteiger partial charge on any atom is 0.335 e. The molecule has 1 aliphatic heterocycles. The number of carbonyl (C=O) groups excluding carboxylic acids is 1. The lowest BCUT2D eigenvalue weighted by molar-refractivity contribution is 0.111. The number of fused-ring (bicyclic) bond motifs is 3. The first-order chi connectivity index (χ1) is 11.8. The SMILES string of the molecule is O=C(NCC1CCCO1)NN=C1c2ccccc2-c2ccccc21. The fourth-order valence-electron chi connectivity index (χ4n) is 3.27. The third kappa shape index (κ3) is 2.78. The van der Waals surface area contributed by atoms with Crippen LogP contribution in [-0.2, 0) is 4.74 Å². The minimum atomic E-state index is -0.306. The van der Waals surface area contributed by atoms with Crippen molar-refractivity contribution in [2.45, 2.75) is 18.9 Å². The van der Waals surface area contributed by atoms with E-state index in [2.05, 4.69) is 28.0 Å². The van der Waals surface area contributed by atoms with E-state index in [-0.39, 0.29) is 12.1 Å². The Balaban J connectivity index is 1.50. The Hall–Kier alpha value is -2.66. The molecule has 1 saturated heterocycles. The number of amides is 2. The van der Waals surface area contributed by atoms with Crippen LogP contribution in [0.3, 0.4) is 0 Å². The number of ether oxygens (including phenoxy) is 1. The average molecular weight is 321 g/mol. The van der Waals surface area contributed by atoms with Gasteiger partial charge in [0, 0.05) is 24.3 Å². The smallest absolute Gasteiger partial charge is 0.335 e. The highest BCUT2D eigenvalue weighted by Gasteiger charge is 2.24. The van der Waals surface area contributed by atoms with Crippen LogP contribution in [0.15, 0.2) is 53.6 Å². The van der Waals surface area contributed by atoms with Crippen LogP contribution < -0.4 is 10.7 Å². The van der Waals surface area contributed by atoms with Crippen molar-refractivity contribution in [3.63, 3.8) is 0 Å². The first kappa shape index (κ1) is 14.9.